The van der Waals surface area contributed by atoms with Gasteiger partial charge in [0.2, 0.25) is 0 Å². The number of fused-ring (bicyclic) bond motifs is 3. The number of ether oxygens (including phenoxy) is 2. The Bertz CT molecular complexity index is 1220. The number of hydrogen-bond donors (Lipinski definition) is 0. The van der Waals surface area contributed by atoms with Gasteiger partial charge in [-0.25, -0.2) is 0 Å². The fourth-order valence-electron chi connectivity index (χ4n) is 4.76. The molecular weight excluding hydrogens is 454 g/mol. The number of amides is 1. The van der Waals surface area contributed by atoms with Gasteiger partial charge >= 0.3 is 0 Å². The molecule has 8 heteroatoms. The van der Waals surface area contributed by atoms with Gasteiger partial charge in [0.25, 0.3) is 11.8 Å². The molecule has 1 fully saturated rings. The molecule has 3 heterocycles. The molecule has 5 rings (SSSR count). The second kappa shape index (κ2) is 9.78. The summed E-state index contributed by atoms with van der Waals surface area (Å²) in [6.45, 7) is 6.49. The predicted molar refractivity (Wildman–Crippen MR) is 132 cm³/mol. The lowest BCUT2D eigenvalue weighted by molar-refractivity contribution is 0.0618. The summed E-state index contributed by atoms with van der Waals surface area (Å²) < 4.78 is 12.6. The lowest BCUT2D eigenvalue weighted by Crippen LogP contribution is -2.45. The number of benzene rings is 2. The highest BCUT2D eigenvalue weighted by Gasteiger charge is 2.35. The van der Waals surface area contributed by atoms with E-state index in [0.29, 0.717) is 35.8 Å². The second-order valence-electron chi connectivity index (χ2n) is 8.60. The van der Waals surface area contributed by atoms with Crippen LogP contribution in [0.25, 0.3) is 10.9 Å². The van der Waals surface area contributed by atoms with Crippen LogP contribution in [-0.2, 0) is 22.5 Å². The third-order valence-electron chi connectivity index (χ3n) is 6.53. The number of nitrogens with zero attached hydrogens (tertiary/aromatic N) is 3. The zero-order valence-corrected chi connectivity index (χ0v) is 20.0. The third kappa shape index (κ3) is 4.31. The molecule has 0 N–H and O–H groups in total. The summed E-state index contributed by atoms with van der Waals surface area (Å²) in [5.41, 5.74) is 4.12. The van der Waals surface area contributed by atoms with Crippen LogP contribution in [0, 0.1) is 0 Å². The predicted octanol–water partition coefficient (Wildman–Crippen LogP) is 4.01. The van der Waals surface area contributed by atoms with Crippen LogP contribution in [0.4, 0.5) is 5.69 Å². The maximum Gasteiger partial charge on any atom is 0.271 e. The average Bonchev–Trinajstić information content (AvgIpc) is 3.19. The van der Waals surface area contributed by atoms with Crippen LogP contribution in [0.3, 0.4) is 0 Å². The van der Waals surface area contributed by atoms with E-state index < -0.39 is 0 Å². The van der Waals surface area contributed by atoms with Crippen molar-refractivity contribution in [2.45, 2.75) is 20.0 Å². The summed E-state index contributed by atoms with van der Waals surface area (Å²) in [6, 6.07) is 13.8. The van der Waals surface area contributed by atoms with Crippen molar-refractivity contribution in [2.75, 3.05) is 50.9 Å². The Morgan fingerprint density at radius 3 is 2.56 bits per heavy atom. The minimum absolute atomic E-state index is 0.0537. The molecular formula is C26H28ClN3O4. The van der Waals surface area contributed by atoms with E-state index in [-0.39, 0.29) is 25.0 Å². The van der Waals surface area contributed by atoms with Gasteiger partial charge in [-0.05, 0) is 49.2 Å². The van der Waals surface area contributed by atoms with Crippen molar-refractivity contribution in [1.82, 2.24) is 9.47 Å². The van der Waals surface area contributed by atoms with Crippen molar-refractivity contribution in [3.8, 4) is 0 Å². The lowest BCUT2D eigenvalue weighted by atomic mass is 10.1. The summed E-state index contributed by atoms with van der Waals surface area (Å²) in [7, 11) is 0. The molecule has 2 aliphatic rings. The van der Waals surface area contributed by atoms with Gasteiger partial charge in [-0.1, -0.05) is 23.7 Å². The van der Waals surface area contributed by atoms with E-state index in [1.807, 2.05) is 6.92 Å². The number of morpholine rings is 1. The smallest absolute Gasteiger partial charge is 0.271 e. The van der Waals surface area contributed by atoms with Crippen LogP contribution in [0.5, 0.6) is 0 Å². The maximum absolute atomic E-state index is 13.5. The van der Waals surface area contributed by atoms with Crippen LogP contribution < -0.4 is 4.90 Å². The first-order chi connectivity index (χ1) is 16.6. The summed E-state index contributed by atoms with van der Waals surface area (Å²) in [6.07, 6.45) is 0.676. The van der Waals surface area contributed by atoms with Crippen molar-refractivity contribution in [3.63, 3.8) is 0 Å². The van der Waals surface area contributed by atoms with Gasteiger partial charge in [0.15, 0.2) is 0 Å². The fraction of sp³-hybridized carbons (Fsp3) is 0.385. The molecule has 3 aromatic rings. The second-order valence-corrected chi connectivity index (χ2v) is 9.03. The van der Waals surface area contributed by atoms with Crippen molar-refractivity contribution in [3.05, 3.63) is 64.3 Å². The van der Waals surface area contributed by atoms with E-state index in [4.69, 9.17) is 21.1 Å². The van der Waals surface area contributed by atoms with E-state index in [1.54, 1.807) is 23.1 Å². The van der Waals surface area contributed by atoms with Gasteiger partial charge < -0.3 is 19.3 Å². The number of carbonyl (C=O) groups excluding carboxylic acids is 2. The van der Waals surface area contributed by atoms with Gasteiger partial charge in [0.05, 0.1) is 25.3 Å². The average molecular weight is 482 g/mol. The molecule has 1 aromatic heterocycles. The highest BCUT2D eigenvalue weighted by Crippen LogP contribution is 2.32. The van der Waals surface area contributed by atoms with Gasteiger partial charge in [0, 0.05) is 47.9 Å². The zero-order valence-electron chi connectivity index (χ0n) is 19.3. The quantitative estimate of drug-likeness (QED) is 0.510. The number of aromatic nitrogens is 1. The molecule has 7 nitrogen and oxygen atoms in total. The molecule has 1 saturated heterocycles. The van der Waals surface area contributed by atoms with Crippen molar-refractivity contribution < 1.29 is 19.1 Å². The lowest BCUT2D eigenvalue weighted by Gasteiger charge is -2.29. The SMILES string of the molecule is CCOCc1c2n(c3ccc(Cl)cc13)C(=O)CN(CCc1ccc(N3CCOCC3)cc1)C2=O. The molecule has 0 saturated carbocycles. The molecule has 34 heavy (non-hydrogen) atoms. The third-order valence-corrected chi connectivity index (χ3v) is 6.77. The van der Waals surface area contributed by atoms with E-state index in [2.05, 4.69) is 29.2 Å². The highest BCUT2D eigenvalue weighted by atomic mass is 35.5. The molecule has 0 spiro atoms. The number of rotatable bonds is 7. The molecule has 0 atom stereocenters. The Labute approximate surface area is 203 Å². The van der Waals surface area contributed by atoms with E-state index in [0.717, 1.165) is 42.8 Å². The van der Waals surface area contributed by atoms with E-state index in [1.165, 1.54) is 10.3 Å². The first kappa shape index (κ1) is 22.9. The molecule has 0 radical (unpaired) electrons. The molecule has 178 valence electrons. The number of carbonyl (C=O) groups is 2. The summed E-state index contributed by atoms with van der Waals surface area (Å²) in [5.74, 6) is -0.265. The van der Waals surface area contributed by atoms with Gasteiger partial charge in [-0.15, -0.1) is 0 Å². The van der Waals surface area contributed by atoms with E-state index >= 15 is 0 Å². The monoisotopic (exact) mass is 481 g/mol. The summed E-state index contributed by atoms with van der Waals surface area (Å²) in [4.78, 5) is 30.6. The van der Waals surface area contributed by atoms with Crippen molar-refractivity contribution in [2.24, 2.45) is 0 Å². The molecule has 0 bridgehead atoms. The Kier molecular flexibility index (Phi) is 6.59. The van der Waals surface area contributed by atoms with Crippen LogP contribution in [0.15, 0.2) is 42.5 Å². The van der Waals surface area contributed by atoms with E-state index in [9.17, 15) is 9.59 Å². The van der Waals surface area contributed by atoms with Gasteiger partial charge in [0.1, 0.15) is 12.2 Å². The minimum Gasteiger partial charge on any atom is -0.378 e. The van der Waals surface area contributed by atoms with Crippen LogP contribution in [-0.4, -0.2) is 67.3 Å². The van der Waals surface area contributed by atoms with Gasteiger partial charge in [-0.3, -0.25) is 14.2 Å². The standard InChI is InChI=1S/C26H28ClN3O4/c1-2-33-17-22-21-15-19(27)5-8-23(21)30-24(31)16-29(26(32)25(22)30)10-9-18-3-6-20(7-4-18)28-11-13-34-14-12-28/h3-8,15H,2,9-14,16-17H2,1H3. The Morgan fingerprint density at radius 1 is 1.06 bits per heavy atom. The number of halogens is 1. The molecule has 2 aromatic carbocycles. The Hall–Kier alpha value is -2.87. The number of anilines is 1. The summed E-state index contributed by atoms with van der Waals surface area (Å²) in [5, 5.41) is 1.35. The summed E-state index contributed by atoms with van der Waals surface area (Å²) >= 11 is 6.23. The molecule has 2 aliphatic heterocycles. The first-order valence-electron chi connectivity index (χ1n) is 11.7. The topological polar surface area (TPSA) is 64.0 Å². The first-order valence-corrected chi connectivity index (χ1v) is 12.1. The minimum atomic E-state index is -0.147. The highest BCUT2D eigenvalue weighted by molar-refractivity contribution is 6.31. The van der Waals surface area contributed by atoms with Crippen molar-refractivity contribution in [1.29, 1.82) is 0 Å². The van der Waals surface area contributed by atoms with Crippen LogP contribution >= 0.6 is 11.6 Å². The Balaban J connectivity index is 1.36. The van der Waals surface area contributed by atoms with Crippen molar-refractivity contribution >= 4 is 40.0 Å². The maximum atomic E-state index is 13.5. The Morgan fingerprint density at radius 2 is 1.82 bits per heavy atom. The van der Waals surface area contributed by atoms with Crippen LogP contribution in [0.2, 0.25) is 5.02 Å². The molecule has 0 aliphatic carbocycles. The molecule has 1 amide bonds. The fourth-order valence-corrected chi connectivity index (χ4v) is 4.93. The molecule has 0 unspecified atom stereocenters. The zero-order chi connectivity index (χ0) is 23.7. The van der Waals surface area contributed by atoms with Gasteiger partial charge in [-0.2, -0.15) is 0 Å². The van der Waals surface area contributed by atoms with Crippen LogP contribution in [0.1, 0.15) is 33.3 Å². The number of hydrogen-bond acceptors (Lipinski definition) is 5. The largest absolute Gasteiger partial charge is 0.378 e. The normalized spacial score (nSPS) is 16.4.